The maximum absolute atomic E-state index is 10.5. The van der Waals surface area contributed by atoms with Crippen molar-refractivity contribution >= 4 is 0 Å². The Hall–Kier alpha value is -1.92. The van der Waals surface area contributed by atoms with Crippen LogP contribution < -0.4 is 5.32 Å². The molecule has 154 valence electrons. The molecule has 0 amide bonds. The molecule has 0 aliphatic carbocycles. The molecule has 0 saturated heterocycles. The van der Waals surface area contributed by atoms with Crippen LogP contribution in [0.4, 0.5) is 0 Å². The number of nitrogens with one attached hydrogen (secondary N) is 1. The largest absolute Gasteiger partial charge is 0.508 e. The number of phenolic OH excluding ortho intramolecular Hbond substituents is 1. The van der Waals surface area contributed by atoms with Crippen molar-refractivity contribution in [2.45, 2.75) is 44.9 Å². The number of aryl methyl sites for hydroxylation is 1. The summed E-state index contributed by atoms with van der Waals surface area (Å²) in [5.41, 5.74) is 2.27. The van der Waals surface area contributed by atoms with E-state index in [1.165, 1.54) is 5.56 Å². The minimum atomic E-state index is -0.624. The van der Waals surface area contributed by atoms with E-state index in [9.17, 15) is 10.2 Å². The van der Waals surface area contributed by atoms with Crippen LogP contribution in [0.15, 0.2) is 54.6 Å². The number of benzene rings is 2. The molecule has 5 heteroatoms. The SMILES string of the molecule is CC(CCO)COCC(Cc1ccc(O)cc1)NC(O)CCc1ccccc1. The summed E-state index contributed by atoms with van der Waals surface area (Å²) in [5.74, 6) is 0.535. The van der Waals surface area contributed by atoms with Gasteiger partial charge in [-0.15, -0.1) is 0 Å². The Bertz CT molecular complexity index is 647. The molecule has 0 bridgehead atoms. The van der Waals surface area contributed by atoms with Crippen LogP contribution >= 0.6 is 0 Å². The summed E-state index contributed by atoms with van der Waals surface area (Å²) < 4.78 is 5.84. The van der Waals surface area contributed by atoms with E-state index in [1.54, 1.807) is 12.1 Å². The summed E-state index contributed by atoms with van der Waals surface area (Å²) in [6, 6.07) is 17.2. The van der Waals surface area contributed by atoms with Crippen LogP contribution in [0.5, 0.6) is 5.75 Å². The van der Waals surface area contributed by atoms with Gasteiger partial charge < -0.3 is 20.1 Å². The number of rotatable bonds is 13. The first-order valence-corrected chi connectivity index (χ1v) is 10.0. The number of hydrogen-bond acceptors (Lipinski definition) is 5. The lowest BCUT2D eigenvalue weighted by atomic mass is 10.0. The maximum Gasteiger partial charge on any atom is 0.115 e. The number of hydrogen-bond donors (Lipinski definition) is 4. The van der Waals surface area contributed by atoms with Gasteiger partial charge in [0.25, 0.3) is 0 Å². The number of ether oxygens (including phenoxy) is 1. The molecule has 3 atom stereocenters. The van der Waals surface area contributed by atoms with Gasteiger partial charge in [0.2, 0.25) is 0 Å². The Morgan fingerprint density at radius 1 is 0.929 bits per heavy atom. The van der Waals surface area contributed by atoms with E-state index >= 15 is 0 Å². The van der Waals surface area contributed by atoms with Crippen LogP contribution in [0.1, 0.15) is 30.9 Å². The van der Waals surface area contributed by atoms with Gasteiger partial charge in [0.05, 0.1) is 6.61 Å². The molecule has 0 aromatic heterocycles. The van der Waals surface area contributed by atoms with Crippen molar-refractivity contribution in [2.24, 2.45) is 5.92 Å². The minimum absolute atomic E-state index is 0.0448. The van der Waals surface area contributed by atoms with E-state index in [2.05, 4.69) is 17.4 Å². The predicted octanol–water partition coefficient (Wildman–Crippen LogP) is 2.88. The van der Waals surface area contributed by atoms with E-state index in [1.807, 2.05) is 37.3 Å². The fourth-order valence-corrected chi connectivity index (χ4v) is 3.10. The van der Waals surface area contributed by atoms with Crippen LogP contribution in [-0.4, -0.2) is 47.4 Å². The molecule has 0 spiro atoms. The summed E-state index contributed by atoms with van der Waals surface area (Å²) in [6.45, 7) is 3.26. The quantitative estimate of drug-likeness (QED) is 0.397. The van der Waals surface area contributed by atoms with Crippen molar-refractivity contribution in [1.82, 2.24) is 5.32 Å². The third kappa shape index (κ3) is 8.85. The molecule has 3 unspecified atom stereocenters. The Labute approximate surface area is 168 Å². The highest BCUT2D eigenvalue weighted by atomic mass is 16.5. The van der Waals surface area contributed by atoms with Crippen LogP contribution in [-0.2, 0) is 17.6 Å². The molecule has 28 heavy (non-hydrogen) atoms. The number of aromatic hydroxyl groups is 1. The van der Waals surface area contributed by atoms with Crippen LogP contribution in [0.2, 0.25) is 0 Å². The molecule has 4 N–H and O–H groups in total. The van der Waals surface area contributed by atoms with E-state index in [-0.39, 0.29) is 18.4 Å². The molecule has 0 aliphatic rings. The lowest BCUT2D eigenvalue weighted by molar-refractivity contribution is 0.0499. The van der Waals surface area contributed by atoms with E-state index < -0.39 is 6.23 Å². The van der Waals surface area contributed by atoms with Crippen molar-refractivity contribution in [3.8, 4) is 5.75 Å². The van der Waals surface area contributed by atoms with Crippen LogP contribution in [0, 0.1) is 5.92 Å². The topological polar surface area (TPSA) is 82.0 Å². The van der Waals surface area contributed by atoms with Gasteiger partial charge in [0, 0.05) is 19.3 Å². The highest BCUT2D eigenvalue weighted by molar-refractivity contribution is 5.26. The number of aliphatic hydroxyl groups is 2. The summed E-state index contributed by atoms with van der Waals surface area (Å²) in [4.78, 5) is 0. The second kappa shape index (κ2) is 12.5. The second-order valence-corrected chi connectivity index (χ2v) is 7.43. The molecular weight excluding hydrogens is 354 g/mol. The molecule has 0 saturated carbocycles. The predicted molar refractivity (Wildman–Crippen MR) is 111 cm³/mol. The average molecular weight is 388 g/mol. The zero-order valence-electron chi connectivity index (χ0n) is 16.6. The van der Waals surface area contributed by atoms with Gasteiger partial charge in [-0.25, -0.2) is 0 Å². The average Bonchev–Trinajstić information content (AvgIpc) is 2.69. The molecule has 0 fully saturated rings. The van der Waals surface area contributed by atoms with Crippen molar-refractivity contribution in [3.05, 3.63) is 65.7 Å². The van der Waals surface area contributed by atoms with E-state index in [0.717, 1.165) is 18.4 Å². The lowest BCUT2D eigenvalue weighted by Crippen LogP contribution is -2.43. The monoisotopic (exact) mass is 387 g/mol. The molecule has 0 aliphatic heterocycles. The summed E-state index contributed by atoms with van der Waals surface area (Å²) in [7, 11) is 0. The Morgan fingerprint density at radius 3 is 2.32 bits per heavy atom. The molecule has 2 aromatic rings. The Morgan fingerprint density at radius 2 is 1.64 bits per heavy atom. The molecule has 2 rings (SSSR count). The molecule has 0 heterocycles. The molecular formula is C23H33NO4. The first-order chi connectivity index (χ1) is 13.6. The first kappa shape index (κ1) is 22.4. The highest BCUT2D eigenvalue weighted by Crippen LogP contribution is 2.13. The van der Waals surface area contributed by atoms with E-state index in [0.29, 0.717) is 32.0 Å². The Balaban J connectivity index is 1.87. The van der Waals surface area contributed by atoms with Gasteiger partial charge in [-0.3, -0.25) is 5.32 Å². The summed E-state index contributed by atoms with van der Waals surface area (Å²) in [6.07, 6.45) is 2.21. The molecule has 5 nitrogen and oxygen atoms in total. The van der Waals surface area contributed by atoms with Gasteiger partial charge in [0.15, 0.2) is 0 Å². The van der Waals surface area contributed by atoms with Crippen molar-refractivity contribution in [1.29, 1.82) is 0 Å². The smallest absolute Gasteiger partial charge is 0.115 e. The zero-order valence-corrected chi connectivity index (χ0v) is 16.6. The zero-order chi connectivity index (χ0) is 20.2. The fourth-order valence-electron chi connectivity index (χ4n) is 3.10. The summed E-state index contributed by atoms with van der Waals surface area (Å²) in [5, 5.41) is 32.2. The van der Waals surface area contributed by atoms with Gasteiger partial charge in [0.1, 0.15) is 12.0 Å². The second-order valence-electron chi connectivity index (χ2n) is 7.43. The van der Waals surface area contributed by atoms with Crippen molar-refractivity contribution in [2.75, 3.05) is 19.8 Å². The van der Waals surface area contributed by atoms with Crippen molar-refractivity contribution in [3.63, 3.8) is 0 Å². The third-order valence-electron chi connectivity index (χ3n) is 4.74. The van der Waals surface area contributed by atoms with Gasteiger partial charge in [-0.05, 0) is 54.9 Å². The van der Waals surface area contributed by atoms with Gasteiger partial charge >= 0.3 is 0 Å². The van der Waals surface area contributed by atoms with Crippen molar-refractivity contribution < 1.29 is 20.1 Å². The normalized spacial score (nSPS) is 14.5. The maximum atomic E-state index is 10.5. The summed E-state index contributed by atoms with van der Waals surface area (Å²) >= 11 is 0. The van der Waals surface area contributed by atoms with Gasteiger partial charge in [-0.1, -0.05) is 49.4 Å². The highest BCUT2D eigenvalue weighted by Gasteiger charge is 2.15. The standard InChI is InChI=1S/C23H33NO4/c1-18(13-14-25)16-28-17-21(15-20-7-10-22(26)11-8-20)24-23(27)12-9-19-5-3-2-4-6-19/h2-8,10-11,18,21,23-27H,9,12-17H2,1H3. The fraction of sp³-hybridized carbons (Fsp3) is 0.478. The van der Waals surface area contributed by atoms with Gasteiger partial charge in [-0.2, -0.15) is 0 Å². The minimum Gasteiger partial charge on any atom is -0.508 e. The molecule has 0 radical (unpaired) electrons. The Kier molecular flexibility index (Phi) is 10.0. The molecule has 2 aromatic carbocycles. The van der Waals surface area contributed by atoms with E-state index in [4.69, 9.17) is 9.84 Å². The number of aliphatic hydroxyl groups excluding tert-OH is 2. The first-order valence-electron chi connectivity index (χ1n) is 10.0. The lowest BCUT2D eigenvalue weighted by Gasteiger charge is -2.24. The van der Waals surface area contributed by atoms with Crippen LogP contribution in [0.25, 0.3) is 0 Å². The van der Waals surface area contributed by atoms with Crippen LogP contribution in [0.3, 0.4) is 0 Å². The third-order valence-corrected chi connectivity index (χ3v) is 4.74. The number of phenols is 1.